The smallest absolute Gasteiger partial charge is 0.252 e. The number of hydrogen-bond acceptors (Lipinski definition) is 2. The van der Waals surface area contributed by atoms with Gasteiger partial charge in [-0.05, 0) is 35.9 Å². The van der Waals surface area contributed by atoms with Crippen LogP contribution >= 0.6 is 27.5 Å². The number of benzene rings is 2. The summed E-state index contributed by atoms with van der Waals surface area (Å²) in [4.78, 5) is 11.3. The van der Waals surface area contributed by atoms with Crippen molar-refractivity contribution in [1.29, 1.82) is 0 Å². The maximum absolute atomic E-state index is 11.3. The fraction of sp³-hybridized carbons (Fsp3) is 0.0714. The lowest BCUT2D eigenvalue weighted by molar-refractivity contribution is 0.0996. The lowest BCUT2D eigenvalue weighted by Gasteiger charge is -2.10. The fourth-order valence-electron chi connectivity index (χ4n) is 1.56. The summed E-state index contributed by atoms with van der Waals surface area (Å²) in [6.07, 6.45) is 0. The summed E-state index contributed by atoms with van der Waals surface area (Å²) >= 11 is 9.10. The second-order valence-corrected chi connectivity index (χ2v) is 5.27. The third kappa shape index (κ3) is 3.72. The molecule has 0 bridgehead atoms. The van der Waals surface area contributed by atoms with E-state index in [-0.39, 0.29) is 0 Å². The van der Waals surface area contributed by atoms with Crippen molar-refractivity contribution < 1.29 is 9.53 Å². The minimum atomic E-state index is -0.521. The number of carbonyl (C=O) groups is 1. The highest BCUT2D eigenvalue weighted by Gasteiger charge is 2.10. The van der Waals surface area contributed by atoms with Gasteiger partial charge in [0.1, 0.15) is 12.4 Å². The van der Waals surface area contributed by atoms with Crippen molar-refractivity contribution in [2.75, 3.05) is 0 Å². The predicted molar refractivity (Wildman–Crippen MR) is 78.4 cm³/mol. The van der Waals surface area contributed by atoms with Crippen molar-refractivity contribution >= 4 is 33.4 Å². The van der Waals surface area contributed by atoms with Crippen LogP contribution in [-0.4, -0.2) is 5.91 Å². The summed E-state index contributed by atoms with van der Waals surface area (Å²) in [7, 11) is 0. The molecule has 19 heavy (non-hydrogen) atoms. The molecule has 0 aromatic heterocycles. The first kappa shape index (κ1) is 13.9. The second kappa shape index (κ2) is 6.08. The number of rotatable bonds is 4. The van der Waals surface area contributed by atoms with Gasteiger partial charge in [-0.3, -0.25) is 4.79 Å². The lowest BCUT2D eigenvalue weighted by atomic mass is 10.2. The molecule has 2 aromatic rings. The molecule has 0 heterocycles. The van der Waals surface area contributed by atoms with Crippen molar-refractivity contribution in [3.05, 3.63) is 63.1 Å². The third-order valence-electron chi connectivity index (χ3n) is 2.51. The second-order valence-electron chi connectivity index (χ2n) is 3.92. The van der Waals surface area contributed by atoms with E-state index >= 15 is 0 Å². The molecule has 0 radical (unpaired) electrons. The third-order valence-corrected chi connectivity index (χ3v) is 3.26. The van der Waals surface area contributed by atoms with Crippen LogP contribution in [0.3, 0.4) is 0 Å². The van der Waals surface area contributed by atoms with E-state index in [0.29, 0.717) is 22.9 Å². The van der Waals surface area contributed by atoms with E-state index in [0.717, 1.165) is 10.0 Å². The zero-order valence-electron chi connectivity index (χ0n) is 9.90. The molecule has 5 heteroatoms. The van der Waals surface area contributed by atoms with Gasteiger partial charge in [-0.15, -0.1) is 0 Å². The van der Waals surface area contributed by atoms with E-state index in [9.17, 15) is 4.79 Å². The van der Waals surface area contributed by atoms with Gasteiger partial charge in [-0.2, -0.15) is 0 Å². The van der Waals surface area contributed by atoms with Gasteiger partial charge in [0.15, 0.2) is 0 Å². The molecule has 0 atom stereocenters. The SMILES string of the molecule is NC(=O)c1cc(Br)ccc1OCc1ccc(Cl)cc1. The Bertz CT molecular complexity index is 599. The van der Waals surface area contributed by atoms with Gasteiger partial charge >= 0.3 is 0 Å². The van der Waals surface area contributed by atoms with Crippen LogP contribution in [0, 0.1) is 0 Å². The Morgan fingerprint density at radius 1 is 1.21 bits per heavy atom. The van der Waals surface area contributed by atoms with Gasteiger partial charge in [0, 0.05) is 9.50 Å². The van der Waals surface area contributed by atoms with Gasteiger partial charge in [-0.25, -0.2) is 0 Å². The number of hydrogen-bond donors (Lipinski definition) is 1. The van der Waals surface area contributed by atoms with Gasteiger partial charge in [0.05, 0.1) is 5.56 Å². The highest BCUT2D eigenvalue weighted by atomic mass is 79.9. The maximum Gasteiger partial charge on any atom is 0.252 e. The Hall–Kier alpha value is -1.52. The maximum atomic E-state index is 11.3. The number of amides is 1. The number of primary amides is 1. The number of nitrogens with two attached hydrogens (primary N) is 1. The topological polar surface area (TPSA) is 52.3 Å². The molecule has 0 fully saturated rings. The van der Waals surface area contributed by atoms with Crippen molar-refractivity contribution in [3.63, 3.8) is 0 Å². The molecule has 0 saturated heterocycles. The number of halogens is 2. The lowest BCUT2D eigenvalue weighted by Crippen LogP contribution is -2.13. The monoisotopic (exact) mass is 339 g/mol. The van der Waals surface area contributed by atoms with Gasteiger partial charge in [0.2, 0.25) is 0 Å². The summed E-state index contributed by atoms with van der Waals surface area (Å²) in [5.74, 6) is -0.0574. The molecular weight excluding hydrogens is 330 g/mol. The molecule has 0 aliphatic rings. The minimum Gasteiger partial charge on any atom is -0.488 e. The molecule has 0 unspecified atom stereocenters. The number of carbonyl (C=O) groups excluding carboxylic acids is 1. The van der Waals surface area contributed by atoms with E-state index in [4.69, 9.17) is 22.1 Å². The highest BCUT2D eigenvalue weighted by molar-refractivity contribution is 9.10. The zero-order chi connectivity index (χ0) is 13.8. The molecule has 3 nitrogen and oxygen atoms in total. The van der Waals surface area contributed by atoms with Crippen LogP contribution in [0.2, 0.25) is 5.02 Å². The number of ether oxygens (including phenoxy) is 1. The van der Waals surface area contributed by atoms with E-state index in [1.807, 2.05) is 12.1 Å². The van der Waals surface area contributed by atoms with Crippen molar-refractivity contribution in [3.8, 4) is 5.75 Å². The summed E-state index contributed by atoms with van der Waals surface area (Å²) in [5.41, 5.74) is 6.63. The standard InChI is InChI=1S/C14H11BrClNO2/c15-10-3-6-13(12(7-10)14(17)18)19-8-9-1-4-11(16)5-2-9/h1-7H,8H2,(H2,17,18). The summed E-state index contributed by atoms with van der Waals surface area (Å²) in [5, 5.41) is 0.671. The van der Waals surface area contributed by atoms with Crippen LogP contribution in [0.1, 0.15) is 15.9 Å². The zero-order valence-corrected chi connectivity index (χ0v) is 12.2. The Morgan fingerprint density at radius 3 is 2.53 bits per heavy atom. The predicted octanol–water partition coefficient (Wildman–Crippen LogP) is 3.78. The van der Waals surface area contributed by atoms with E-state index in [1.54, 1.807) is 30.3 Å². The van der Waals surface area contributed by atoms with E-state index in [2.05, 4.69) is 15.9 Å². The summed E-state index contributed by atoms with van der Waals surface area (Å²) in [6, 6.07) is 12.5. The van der Waals surface area contributed by atoms with Gasteiger partial charge in [0.25, 0.3) is 5.91 Å². The molecule has 0 spiro atoms. The normalized spacial score (nSPS) is 10.2. The fourth-order valence-corrected chi connectivity index (χ4v) is 2.05. The van der Waals surface area contributed by atoms with Crippen LogP contribution in [0.5, 0.6) is 5.75 Å². The van der Waals surface area contributed by atoms with E-state index < -0.39 is 5.91 Å². The molecule has 2 N–H and O–H groups in total. The van der Waals surface area contributed by atoms with Crippen LogP contribution < -0.4 is 10.5 Å². The quantitative estimate of drug-likeness (QED) is 0.921. The van der Waals surface area contributed by atoms with Crippen molar-refractivity contribution in [2.45, 2.75) is 6.61 Å². The summed E-state index contributed by atoms with van der Waals surface area (Å²) in [6.45, 7) is 0.346. The molecule has 0 saturated carbocycles. The molecule has 2 rings (SSSR count). The molecule has 1 amide bonds. The molecule has 98 valence electrons. The van der Waals surface area contributed by atoms with Crippen LogP contribution in [0.15, 0.2) is 46.9 Å². The first-order chi connectivity index (χ1) is 9.06. The first-order valence-electron chi connectivity index (χ1n) is 5.53. The average molecular weight is 341 g/mol. The Morgan fingerprint density at radius 2 is 1.89 bits per heavy atom. The van der Waals surface area contributed by atoms with Crippen LogP contribution in [0.4, 0.5) is 0 Å². The molecule has 0 aliphatic carbocycles. The molecular formula is C14H11BrClNO2. The first-order valence-corrected chi connectivity index (χ1v) is 6.70. The van der Waals surface area contributed by atoms with Crippen LogP contribution in [-0.2, 0) is 6.61 Å². The minimum absolute atomic E-state index is 0.346. The van der Waals surface area contributed by atoms with Gasteiger partial charge < -0.3 is 10.5 Å². The Kier molecular flexibility index (Phi) is 4.45. The van der Waals surface area contributed by atoms with Gasteiger partial charge in [-0.1, -0.05) is 39.7 Å². The van der Waals surface area contributed by atoms with E-state index in [1.165, 1.54) is 0 Å². The average Bonchev–Trinajstić information content (AvgIpc) is 2.39. The molecule has 0 aliphatic heterocycles. The molecule has 2 aromatic carbocycles. The Balaban J connectivity index is 2.15. The van der Waals surface area contributed by atoms with Crippen LogP contribution in [0.25, 0.3) is 0 Å². The van der Waals surface area contributed by atoms with Crippen molar-refractivity contribution in [2.24, 2.45) is 5.73 Å². The highest BCUT2D eigenvalue weighted by Crippen LogP contribution is 2.24. The Labute approximate surface area is 124 Å². The van der Waals surface area contributed by atoms with Crippen molar-refractivity contribution in [1.82, 2.24) is 0 Å². The largest absolute Gasteiger partial charge is 0.488 e. The summed E-state index contributed by atoms with van der Waals surface area (Å²) < 4.78 is 6.39.